The summed E-state index contributed by atoms with van der Waals surface area (Å²) in [5, 5.41) is 5.91. The lowest BCUT2D eigenvalue weighted by atomic mass is 10.1. The van der Waals surface area contributed by atoms with Gasteiger partial charge in [0, 0.05) is 22.0 Å². The van der Waals surface area contributed by atoms with Crippen molar-refractivity contribution >= 4 is 40.1 Å². The third-order valence-electron chi connectivity index (χ3n) is 3.86. The van der Waals surface area contributed by atoms with E-state index in [1.54, 1.807) is 12.1 Å². The van der Waals surface area contributed by atoms with E-state index >= 15 is 0 Å². The van der Waals surface area contributed by atoms with Gasteiger partial charge in [-0.1, -0.05) is 41.9 Å². The van der Waals surface area contributed by atoms with Crippen molar-refractivity contribution in [3.8, 4) is 11.3 Å². The lowest BCUT2D eigenvalue weighted by Gasteiger charge is -2.02. The molecule has 0 spiro atoms. The molecule has 3 rings (SSSR count). The van der Waals surface area contributed by atoms with Crippen LogP contribution in [0.25, 0.3) is 17.3 Å². The normalized spacial score (nSPS) is 11.0. The van der Waals surface area contributed by atoms with E-state index < -0.39 is 0 Å². The predicted octanol–water partition coefficient (Wildman–Crippen LogP) is 5.73. The molecule has 0 bridgehead atoms. The average Bonchev–Trinajstić information content (AvgIpc) is 3.05. The van der Waals surface area contributed by atoms with E-state index in [1.807, 2.05) is 29.6 Å². The van der Waals surface area contributed by atoms with Gasteiger partial charge in [0.2, 0.25) is 5.91 Å². The van der Waals surface area contributed by atoms with Crippen LogP contribution in [-0.2, 0) is 4.79 Å². The first-order valence-electron chi connectivity index (χ1n) is 7.79. The van der Waals surface area contributed by atoms with Gasteiger partial charge in [-0.25, -0.2) is 4.98 Å². The smallest absolute Gasteiger partial charge is 0.250 e. The Bertz CT molecular complexity index is 946. The molecule has 2 aromatic carbocycles. The Morgan fingerprint density at radius 2 is 1.96 bits per heavy atom. The molecule has 0 aliphatic carbocycles. The highest BCUT2D eigenvalue weighted by Gasteiger charge is 2.07. The van der Waals surface area contributed by atoms with Gasteiger partial charge in [0.25, 0.3) is 0 Å². The van der Waals surface area contributed by atoms with E-state index in [4.69, 9.17) is 11.6 Å². The summed E-state index contributed by atoms with van der Waals surface area (Å²) >= 11 is 7.47. The summed E-state index contributed by atoms with van der Waals surface area (Å²) in [6.07, 6.45) is 3.15. The molecule has 1 amide bonds. The van der Waals surface area contributed by atoms with Crippen LogP contribution in [0.4, 0.5) is 5.13 Å². The minimum Gasteiger partial charge on any atom is -0.298 e. The highest BCUT2D eigenvalue weighted by molar-refractivity contribution is 7.14. The second-order valence-corrected chi connectivity index (χ2v) is 6.95. The number of carbonyl (C=O) groups excluding carboxylic acids is 1. The van der Waals surface area contributed by atoms with E-state index in [2.05, 4.69) is 36.3 Å². The minimum absolute atomic E-state index is 0.235. The SMILES string of the molecule is Cc1ccc(-c2csc(NC(=O)C=Cc3ccccc3Cl)n2)cc1C. The molecule has 0 aliphatic heterocycles. The Labute approximate surface area is 156 Å². The third-order valence-corrected chi connectivity index (χ3v) is 4.96. The van der Waals surface area contributed by atoms with Gasteiger partial charge in [0.1, 0.15) is 0 Å². The van der Waals surface area contributed by atoms with Crippen LogP contribution in [0, 0.1) is 13.8 Å². The fourth-order valence-corrected chi connectivity index (χ4v) is 3.21. The standard InChI is InChI=1S/C20H17ClN2OS/c1-13-7-8-16(11-14(13)2)18-12-25-20(22-18)23-19(24)10-9-15-5-3-4-6-17(15)21/h3-12H,1-2H3,(H,22,23,24). The zero-order valence-corrected chi connectivity index (χ0v) is 15.5. The summed E-state index contributed by atoms with van der Waals surface area (Å²) < 4.78 is 0. The predicted molar refractivity (Wildman–Crippen MR) is 106 cm³/mol. The molecule has 0 unspecified atom stereocenters. The average molecular weight is 369 g/mol. The van der Waals surface area contributed by atoms with Gasteiger partial charge in [-0.15, -0.1) is 11.3 Å². The number of anilines is 1. The van der Waals surface area contributed by atoms with Crippen LogP contribution in [0.1, 0.15) is 16.7 Å². The Kier molecular flexibility index (Phi) is 5.31. The Morgan fingerprint density at radius 3 is 2.72 bits per heavy atom. The first-order chi connectivity index (χ1) is 12.0. The number of nitrogens with one attached hydrogen (secondary N) is 1. The van der Waals surface area contributed by atoms with Gasteiger partial charge in [-0.2, -0.15) is 0 Å². The maximum Gasteiger partial charge on any atom is 0.250 e. The summed E-state index contributed by atoms with van der Waals surface area (Å²) in [6, 6.07) is 13.6. The summed E-state index contributed by atoms with van der Waals surface area (Å²) in [7, 11) is 0. The molecule has 0 radical (unpaired) electrons. The first kappa shape index (κ1) is 17.4. The molecule has 0 saturated heterocycles. The maximum atomic E-state index is 12.1. The minimum atomic E-state index is -0.235. The number of amides is 1. The number of nitrogens with zero attached hydrogens (tertiary/aromatic N) is 1. The van der Waals surface area contributed by atoms with Crippen LogP contribution in [-0.4, -0.2) is 10.9 Å². The first-order valence-corrected chi connectivity index (χ1v) is 9.05. The quantitative estimate of drug-likeness (QED) is 0.597. The molecule has 3 aromatic rings. The van der Waals surface area contributed by atoms with Gasteiger partial charge in [0.15, 0.2) is 5.13 Å². The monoisotopic (exact) mass is 368 g/mol. The zero-order valence-electron chi connectivity index (χ0n) is 13.9. The molecule has 1 aromatic heterocycles. The van der Waals surface area contributed by atoms with Crippen LogP contribution in [0.2, 0.25) is 5.02 Å². The van der Waals surface area contributed by atoms with Crippen LogP contribution < -0.4 is 5.32 Å². The van der Waals surface area contributed by atoms with Crippen molar-refractivity contribution in [2.24, 2.45) is 0 Å². The van der Waals surface area contributed by atoms with Crippen LogP contribution >= 0.6 is 22.9 Å². The van der Waals surface area contributed by atoms with Crippen LogP contribution in [0.5, 0.6) is 0 Å². The van der Waals surface area contributed by atoms with Gasteiger partial charge in [0.05, 0.1) is 5.69 Å². The van der Waals surface area contributed by atoms with E-state index in [-0.39, 0.29) is 5.91 Å². The van der Waals surface area contributed by atoms with E-state index in [9.17, 15) is 4.79 Å². The van der Waals surface area contributed by atoms with Crippen molar-refractivity contribution in [1.82, 2.24) is 4.98 Å². The molecule has 126 valence electrons. The molecule has 0 aliphatic rings. The largest absolute Gasteiger partial charge is 0.298 e. The van der Waals surface area contributed by atoms with Crippen LogP contribution in [0.3, 0.4) is 0 Å². The fraction of sp³-hybridized carbons (Fsp3) is 0.100. The van der Waals surface area contributed by atoms with Crippen molar-refractivity contribution in [3.63, 3.8) is 0 Å². The molecule has 0 atom stereocenters. The number of hydrogen-bond acceptors (Lipinski definition) is 3. The van der Waals surface area contributed by atoms with Gasteiger partial charge in [-0.3, -0.25) is 10.1 Å². The van der Waals surface area contributed by atoms with E-state index in [1.165, 1.54) is 28.5 Å². The van der Waals surface area contributed by atoms with Gasteiger partial charge < -0.3 is 0 Å². The highest BCUT2D eigenvalue weighted by atomic mass is 35.5. The maximum absolute atomic E-state index is 12.1. The molecule has 1 N–H and O–H groups in total. The van der Waals surface area contributed by atoms with E-state index in [0.29, 0.717) is 10.2 Å². The van der Waals surface area contributed by atoms with Crippen molar-refractivity contribution in [1.29, 1.82) is 0 Å². The molecule has 0 saturated carbocycles. The second kappa shape index (κ2) is 7.64. The number of hydrogen-bond donors (Lipinski definition) is 1. The lowest BCUT2D eigenvalue weighted by molar-refractivity contribution is -0.111. The second-order valence-electron chi connectivity index (χ2n) is 5.68. The highest BCUT2D eigenvalue weighted by Crippen LogP contribution is 2.26. The van der Waals surface area contributed by atoms with Crippen molar-refractivity contribution < 1.29 is 4.79 Å². The molecular formula is C20H17ClN2OS. The number of carbonyl (C=O) groups is 1. The molecule has 25 heavy (non-hydrogen) atoms. The molecule has 3 nitrogen and oxygen atoms in total. The van der Waals surface area contributed by atoms with Crippen molar-refractivity contribution in [2.75, 3.05) is 5.32 Å². The summed E-state index contributed by atoms with van der Waals surface area (Å²) in [5.41, 5.74) is 5.18. The number of halogens is 1. The van der Waals surface area contributed by atoms with Crippen molar-refractivity contribution in [3.05, 3.63) is 75.6 Å². The van der Waals surface area contributed by atoms with Gasteiger partial charge >= 0.3 is 0 Å². The number of aromatic nitrogens is 1. The molecule has 1 heterocycles. The fourth-order valence-electron chi connectivity index (χ4n) is 2.29. The van der Waals surface area contributed by atoms with Gasteiger partial charge in [-0.05, 0) is 48.7 Å². The van der Waals surface area contributed by atoms with E-state index in [0.717, 1.165) is 16.8 Å². The number of aryl methyl sites for hydroxylation is 2. The molecule has 0 fully saturated rings. The van der Waals surface area contributed by atoms with Crippen LogP contribution in [0.15, 0.2) is 53.9 Å². The Morgan fingerprint density at radius 1 is 1.16 bits per heavy atom. The summed E-state index contributed by atoms with van der Waals surface area (Å²) in [4.78, 5) is 16.6. The summed E-state index contributed by atoms with van der Waals surface area (Å²) in [5.74, 6) is -0.235. The summed E-state index contributed by atoms with van der Waals surface area (Å²) in [6.45, 7) is 4.16. The Balaban J connectivity index is 1.69. The lowest BCUT2D eigenvalue weighted by Crippen LogP contribution is -2.07. The molecule has 5 heteroatoms. The number of thiazole rings is 1. The zero-order chi connectivity index (χ0) is 17.8. The van der Waals surface area contributed by atoms with Crippen molar-refractivity contribution in [2.45, 2.75) is 13.8 Å². The third kappa shape index (κ3) is 4.35. The number of benzene rings is 2. The molecular weight excluding hydrogens is 352 g/mol. The topological polar surface area (TPSA) is 42.0 Å². The number of rotatable bonds is 4. The Hall–Kier alpha value is -2.43.